The van der Waals surface area contributed by atoms with E-state index in [4.69, 9.17) is 10.6 Å². The highest BCUT2D eigenvalue weighted by Crippen LogP contribution is 2.23. The van der Waals surface area contributed by atoms with Crippen molar-refractivity contribution in [3.63, 3.8) is 0 Å². The average Bonchev–Trinajstić information content (AvgIpc) is 3.07. The first-order valence-corrected chi connectivity index (χ1v) is 9.98. The first-order valence-electron chi connectivity index (χ1n) is 9.10. The third kappa shape index (κ3) is 5.47. The van der Waals surface area contributed by atoms with Gasteiger partial charge in [-0.15, -0.1) is 10.2 Å². The summed E-state index contributed by atoms with van der Waals surface area (Å²) in [6.45, 7) is 3.91. The van der Waals surface area contributed by atoms with Crippen LogP contribution in [0, 0.1) is 5.82 Å². The number of amides is 1. The third-order valence-electron chi connectivity index (χ3n) is 4.20. The maximum Gasteiger partial charge on any atom is 0.237 e. The van der Waals surface area contributed by atoms with Crippen molar-refractivity contribution in [2.24, 2.45) is 0 Å². The number of benzene rings is 2. The van der Waals surface area contributed by atoms with Crippen LogP contribution in [0.3, 0.4) is 0 Å². The zero-order valence-corrected chi connectivity index (χ0v) is 16.9. The Labute approximate surface area is 172 Å². The van der Waals surface area contributed by atoms with Crippen LogP contribution in [-0.4, -0.2) is 26.0 Å². The zero-order chi connectivity index (χ0) is 20.8. The van der Waals surface area contributed by atoms with Crippen LogP contribution in [0.15, 0.2) is 53.7 Å². The fraction of sp³-hybridized carbons (Fsp3) is 0.250. The minimum Gasteiger partial charge on any atom is -0.486 e. The quantitative estimate of drug-likeness (QED) is 0.433. The van der Waals surface area contributed by atoms with Crippen LogP contribution < -0.4 is 15.9 Å². The number of hydrogen-bond donors (Lipinski definition) is 2. The van der Waals surface area contributed by atoms with Crippen LogP contribution in [0.2, 0.25) is 0 Å². The average molecular weight is 415 g/mol. The molecule has 9 heteroatoms. The number of thioether (sulfide) groups is 1. The molecule has 1 heterocycles. The molecule has 7 nitrogen and oxygen atoms in total. The van der Waals surface area contributed by atoms with E-state index in [1.54, 1.807) is 6.92 Å². The van der Waals surface area contributed by atoms with Gasteiger partial charge in [-0.25, -0.2) is 9.07 Å². The van der Waals surface area contributed by atoms with Crippen molar-refractivity contribution >= 4 is 23.4 Å². The molecule has 0 bridgehead atoms. The van der Waals surface area contributed by atoms with E-state index >= 15 is 0 Å². The number of nitrogens with one attached hydrogen (secondary N) is 1. The molecule has 0 aliphatic heterocycles. The van der Waals surface area contributed by atoms with E-state index in [1.807, 2.05) is 24.3 Å². The van der Waals surface area contributed by atoms with Gasteiger partial charge in [-0.3, -0.25) is 4.79 Å². The summed E-state index contributed by atoms with van der Waals surface area (Å²) in [5.41, 5.74) is 1.94. The van der Waals surface area contributed by atoms with Gasteiger partial charge in [0.25, 0.3) is 0 Å². The van der Waals surface area contributed by atoms with Crippen molar-refractivity contribution in [3.8, 4) is 5.75 Å². The van der Waals surface area contributed by atoms with Crippen molar-refractivity contribution < 1.29 is 13.9 Å². The van der Waals surface area contributed by atoms with E-state index in [-0.39, 0.29) is 18.3 Å². The number of nitrogens with zero attached hydrogens (tertiary/aromatic N) is 3. The molecule has 1 atom stereocenters. The topological polar surface area (TPSA) is 95.1 Å². The Balaban J connectivity index is 1.56. The van der Waals surface area contributed by atoms with Crippen LogP contribution in [0.25, 0.3) is 0 Å². The molecule has 1 aromatic heterocycles. The summed E-state index contributed by atoms with van der Waals surface area (Å²) in [6.07, 6.45) is 0.944. The number of carbonyl (C=O) groups is 1. The Morgan fingerprint density at radius 1 is 1.21 bits per heavy atom. The van der Waals surface area contributed by atoms with Crippen molar-refractivity contribution in [2.45, 2.75) is 37.3 Å². The Morgan fingerprint density at radius 2 is 1.90 bits per heavy atom. The number of anilines is 1. The van der Waals surface area contributed by atoms with Crippen LogP contribution in [-0.2, 0) is 17.8 Å². The molecule has 152 valence electrons. The highest BCUT2D eigenvalue weighted by Gasteiger charge is 2.19. The molecule has 1 amide bonds. The SMILES string of the molecule is CCc1ccc(NC(=O)C(C)Sc2nnc(COc3ccc(F)cc3)n2N)cc1. The first-order chi connectivity index (χ1) is 14.0. The number of aromatic nitrogens is 3. The minimum atomic E-state index is -0.432. The summed E-state index contributed by atoms with van der Waals surface area (Å²) < 4.78 is 19.8. The fourth-order valence-corrected chi connectivity index (χ4v) is 3.23. The standard InChI is InChI=1S/C20H22FN5O2S/c1-3-14-4-8-16(9-5-14)23-19(27)13(2)29-20-25-24-18(26(20)22)12-28-17-10-6-15(21)7-11-17/h4-11,13H,3,12,22H2,1-2H3,(H,23,27). The smallest absolute Gasteiger partial charge is 0.237 e. The molecule has 0 spiro atoms. The van der Waals surface area contributed by atoms with Gasteiger partial charge >= 0.3 is 0 Å². The maximum atomic E-state index is 12.9. The van der Waals surface area contributed by atoms with Gasteiger partial charge in [0, 0.05) is 5.69 Å². The fourth-order valence-electron chi connectivity index (χ4n) is 2.44. The number of ether oxygens (including phenoxy) is 1. The van der Waals surface area contributed by atoms with Gasteiger partial charge in [0.05, 0.1) is 5.25 Å². The molecule has 0 radical (unpaired) electrons. The number of halogens is 1. The maximum absolute atomic E-state index is 12.9. The molecule has 3 aromatic rings. The van der Waals surface area contributed by atoms with Crippen molar-refractivity contribution in [3.05, 3.63) is 65.7 Å². The summed E-state index contributed by atoms with van der Waals surface area (Å²) in [4.78, 5) is 12.4. The second kappa shape index (κ2) is 9.42. The first kappa shape index (κ1) is 20.7. The predicted molar refractivity (Wildman–Crippen MR) is 111 cm³/mol. The Morgan fingerprint density at radius 3 is 2.55 bits per heavy atom. The number of rotatable bonds is 8. The van der Waals surface area contributed by atoms with Crippen LogP contribution in [0.5, 0.6) is 5.75 Å². The molecule has 0 fully saturated rings. The largest absolute Gasteiger partial charge is 0.486 e. The second-order valence-corrected chi connectivity index (χ2v) is 7.62. The second-order valence-electron chi connectivity index (χ2n) is 6.31. The number of nitrogens with two attached hydrogens (primary N) is 1. The number of hydrogen-bond acceptors (Lipinski definition) is 6. The molecule has 0 aliphatic rings. The Kier molecular flexibility index (Phi) is 6.71. The van der Waals surface area contributed by atoms with Crippen LogP contribution in [0.4, 0.5) is 10.1 Å². The van der Waals surface area contributed by atoms with Crippen LogP contribution in [0.1, 0.15) is 25.2 Å². The van der Waals surface area contributed by atoms with Gasteiger partial charge in [0.1, 0.15) is 18.2 Å². The van der Waals surface area contributed by atoms with E-state index in [0.717, 1.165) is 12.1 Å². The lowest BCUT2D eigenvalue weighted by molar-refractivity contribution is -0.115. The molecular formula is C20H22FN5O2S. The van der Waals surface area contributed by atoms with E-state index < -0.39 is 5.25 Å². The molecule has 1 unspecified atom stereocenters. The van der Waals surface area contributed by atoms with Crippen LogP contribution >= 0.6 is 11.8 Å². The van der Waals surface area contributed by atoms with E-state index in [0.29, 0.717) is 16.7 Å². The van der Waals surface area contributed by atoms with Crippen molar-refractivity contribution in [1.29, 1.82) is 0 Å². The summed E-state index contributed by atoms with van der Waals surface area (Å²) >= 11 is 1.20. The molecule has 0 saturated heterocycles. The highest BCUT2D eigenvalue weighted by molar-refractivity contribution is 8.00. The van der Waals surface area contributed by atoms with Gasteiger partial charge < -0.3 is 15.9 Å². The third-order valence-corrected chi connectivity index (χ3v) is 5.25. The summed E-state index contributed by atoms with van der Waals surface area (Å²) in [5.74, 6) is 6.40. The number of carbonyl (C=O) groups excluding carboxylic acids is 1. The van der Waals surface area contributed by atoms with Gasteiger partial charge in [0.15, 0.2) is 5.82 Å². The number of aryl methyl sites for hydroxylation is 1. The monoisotopic (exact) mass is 415 g/mol. The van der Waals surface area contributed by atoms with Gasteiger partial charge in [-0.05, 0) is 55.3 Å². The van der Waals surface area contributed by atoms with E-state index in [9.17, 15) is 9.18 Å². The van der Waals surface area contributed by atoms with Crippen molar-refractivity contribution in [2.75, 3.05) is 11.2 Å². The van der Waals surface area contributed by atoms with Gasteiger partial charge in [-0.2, -0.15) is 0 Å². The lowest BCUT2D eigenvalue weighted by Crippen LogP contribution is -2.24. The minimum absolute atomic E-state index is 0.0695. The van der Waals surface area contributed by atoms with E-state index in [1.165, 1.54) is 46.3 Å². The number of nitrogen functional groups attached to an aromatic ring is 1. The summed E-state index contributed by atoms with van der Waals surface area (Å²) in [7, 11) is 0. The normalized spacial score (nSPS) is 11.8. The molecule has 3 rings (SSSR count). The summed E-state index contributed by atoms with van der Waals surface area (Å²) in [6, 6.07) is 13.4. The molecule has 0 saturated carbocycles. The molecule has 0 aliphatic carbocycles. The highest BCUT2D eigenvalue weighted by atomic mass is 32.2. The van der Waals surface area contributed by atoms with Gasteiger partial charge in [0.2, 0.25) is 11.1 Å². The molecule has 3 N–H and O–H groups in total. The lowest BCUT2D eigenvalue weighted by Gasteiger charge is -2.12. The molecular weight excluding hydrogens is 393 g/mol. The Bertz CT molecular complexity index is 960. The van der Waals surface area contributed by atoms with Crippen molar-refractivity contribution in [1.82, 2.24) is 14.9 Å². The summed E-state index contributed by atoms with van der Waals surface area (Å²) in [5, 5.41) is 10.9. The predicted octanol–water partition coefficient (Wildman–Crippen LogP) is 3.39. The zero-order valence-electron chi connectivity index (χ0n) is 16.1. The van der Waals surface area contributed by atoms with Gasteiger partial charge in [-0.1, -0.05) is 30.8 Å². The Hall–Kier alpha value is -3.07. The molecule has 29 heavy (non-hydrogen) atoms. The van der Waals surface area contributed by atoms with E-state index in [2.05, 4.69) is 22.4 Å². The molecule has 2 aromatic carbocycles. The lowest BCUT2D eigenvalue weighted by atomic mass is 10.1.